The summed E-state index contributed by atoms with van der Waals surface area (Å²) in [6, 6.07) is 8.39. The zero-order chi connectivity index (χ0) is 12.0. The third-order valence-electron chi connectivity index (χ3n) is 2.21. The minimum Gasteiger partial charge on any atom is -0.380 e. The zero-order valence-corrected chi connectivity index (χ0v) is 10.4. The Balaban J connectivity index is 2.71. The Morgan fingerprint density at radius 2 is 1.88 bits per heavy atom. The Hall–Kier alpha value is -0.910. The van der Waals surface area contributed by atoms with Gasteiger partial charge in [-0.3, -0.25) is 0 Å². The first-order chi connectivity index (χ1) is 7.59. The summed E-state index contributed by atoms with van der Waals surface area (Å²) in [5, 5.41) is 0. The molecule has 0 aliphatic heterocycles. The second-order valence-electron chi connectivity index (χ2n) is 3.34. The molecule has 5 heteroatoms. The lowest BCUT2D eigenvalue weighted by Gasteiger charge is -2.16. The van der Waals surface area contributed by atoms with Gasteiger partial charge in [0.2, 0.25) is 10.0 Å². The highest BCUT2D eigenvalue weighted by Gasteiger charge is 2.19. The quantitative estimate of drug-likeness (QED) is 0.708. The fourth-order valence-electron chi connectivity index (χ4n) is 1.23. The highest BCUT2D eigenvalue weighted by atomic mass is 32.2. The molecule has 0 unspecified atom stereocenters. The summed E-state index contributed by atoms with van der Waals surface area (Å²) in [5.74, 6) is 0. The number of hydrogen-bond acceptors (Lipinski definition) is 3. The molecule has 0 spiro atoms. The van der Waals surface area contributed by atoms with E-state index in [1.165, 1.54) is 4.31 Å². The van der Waals surface area contributed by atoms with Crippen molar-refractivity contribution in [2.24, 2.45) is 0 Å². The van der Waals surface area contributed by atoms with Crippen LogP contribution >= 0.6 is 0 Å². The topological polar surface area (TPSA) is 46.6 Å². The summed E-state index contributed by atoms with van der Waals surface area (Å²) in [6.07, 6.45) is 0. The molecule has 0 amide bonds. The van der Waals surface area contributed by atoms with E-state index in [-0.39, 0.29) is 0 Å². The van der Waals surface area contributed by atoms with Crippen LogP contribution in [0.1, 0.15) is 6.92 Å². The monoisotopic (exact) mass is 243 g/mol. The van der Waals surface area contributed by atoms with E-state index in [4.69, 9.17) is 4.74 Å². The molecule has 0 radical (unpaired) electrons. The summed E-state index contributed by atoms with van der Waals surface area (Å²) in [6.45, 7) is 3.26. The zero-order valence-electron chi connectivity index (χ0n) is 9.59. The molecule has 4 nitrogen and oxygen atoms in total. The largest absolute Gasteiger partial charge is 0.380 e. The second-order valence-corrected chi connectivity index (χ2v) is 5.38. The van der Waals surface area contributed by atoms with E-state index >= 15 is 0 Å². The molecule has 1 rings (SSSR count). The summed E-state index contributed by atoms with van der Waals surface area (Å²) < 4.78 is 30.4. The molecule has 0 atom stereocenters. The fourth-order valence-corrected chi connectivity index (χ4v) is 2.41. The van der Waals surface area contributed by atoms with E-state index in [1.807, 2.05) is 6.92 Å². The smallest absolute Gasteiger partial charge is 0.242 e. The van der Waals surface area contributed by atoms with E-state index in [0.29, 0.717) is 24.7 Å². The van der Waals surface area contributed by atoms with E-state index in [1.54, 1.807) is 37.4 Å². The molecule has 0 aliphatic rings. The van der Waals surface area contributed by atoms with Crippen molar-refractivity contribution in [2.75, 3.05) is 26.8 Å². The molecule has 0 aromatic heterocycles. The van der Waals surface area contributed by atoms with Crippen LogP contribution in [-0.4, -0.2) is 39.5 Å². The van der Waals surface area contributed by atoms with Gasteiger partial charge in [0, 0.05) is 20.2 Å². The Kier molecular flexibility index (Phi) is 4.92. The average molecular weight is 243 g/mol. The van der Waals surface area contributed by atoms with E-state index in [9.17, 15) is 8.42 Å². The lowest BCUT2D eigenvalue weighted by molar-refractivity contribution is 0.138. The van der Waals surface area contributed by atoms with Crippen molar-refractivity contribution in [3.8, 4) is 0 Å². The van der Waals surface area contributed by atoms with Crippen LogP contribution < -0.4 is 0 Å². The molecule has 0 saturated heterocycles. The number of likely N-dealkylation sites (N-methyl/N-ethyl adjacent to an activating group) is 1. The van der Waals surface area contributed by atoms with Gasteiger partial charge in [0.1, 0.15) is 0 Å². The first-order valence-electron chi connectivity index (χ1n) is 5.18. The molecular formula is C11H17NO3S. The summed E-state index contributed by atoms with van der Waals surface area (Å²) >= 11 is 0. The third-order valence-corrected chi connectivity index (χ3v) is 4.08. The second kappa shape index (κ2) is 5.98. The van der Waals surface area contributed by atoms with Gasteiger partial charge in [-0.1, -0.05) is 18.2 Å². The van der Waals surface area contributed by atoms with Gasteiger partial charge in [0.05, 0.1) is 11.5 Å². The van der Waals surface area contributed by atoms with Crippen molar-refractivity contribution >= 4 is 10.0 Å². The molecule has 1 aromatic carbocycles. The fraction of sp³-hybridized carbons (Fsp3) is 0.455. The maximum absolute atomic E-state index is 12.0. The van der Waals surface area contributed by atoms with Crippen LogP contribution in [0.25, 0.3) is 0 Å². The number of rotatable bonds is 6. The Bertz CT molecular complexity index is 402. The van der Waals surface area contributed by atoms with E-state index in [2.05, 4.69) is 0 Å². The van der Waals surface area contributed by atoms with Crippen LogP contribution in [0.2, 0.25) is 0 Å². The minimum atomic E-state index is -3.37. The van der Waals surface area contributed by atoms with Crippen LogP contribution in [0, 0.1) is 0 Å². The molecule has 0 N–H and O–H groups in total. The first-order valence-corrected chi connectivity index (χ1v) is 6.62. The molecule has 0 fully saturated rings. The van der Waals surface area contributed by atoms with Crippen LogP contribution in [-0.2, 0) is 14.8 Å². The van der Waals surface area contributed by atoms with Crippen molar-refractivity contribution in [1.29, 1.82) is 0 Å². The van der Waals surface area contributed by atoms with Crippen molar-refractivity contribution in [3.05, 3.63) is 30.3 Å². The number of hydrogen-bond donors (Lipinski definition) is 0. The lowest BCUT2D eigenvalue weighted by Crippen LogP contribution is -2.30. The number of benzene rings is 1. The minimum absolute atomic E-state index is 0.314. The summed E-state index contributed by atoms with van der Waals surface area (Å²) in [7, 11) is -1.81. The van der Waals surface area contributed by atoms with E-state index in [0.717, 1.165) is 0 Å². The van der Waals surface area contributed by atoms with Gasteiger partial charge in [-0.05, 0) is 19.1 Å². The molecule has 0 bridgehead atoms. The molecule has 0 aliphatic carbocycles. The molecule has 0 heterocycles. The molecule has 1 aromatic rings. The number of nitrogens with zero attached hydrogens (tertiary/aromatic N) is 1. The SMILES string of the molecule is CCOCCN(C)S(=O)(=O)c1ccccc1. The Morgan fingerprint density at radius 1 is 1.25 bits per heavy atom. The predicted octanol–water partition coefficient (Wildman–Crippen LogP) is 1.34. The van der Waals surface area contributed by atoms with Crippen LogP contribution in [0.5, 0.6) is 0 Å². The molecular weight excluding hydrogens is 226 g/mol. The van der Waals surface area contributed by atoms with Crippen molar-refractivity contribution in [1.82, 2.24) is 4.31 Å². The number of sulfonamides is 1. The molecule has 0 saturated carbocycles. The third kappa shape index (κ3) is 3.30. The van der Waals surface area contributed by atoms with Crippen molar-refractivity contribution < 1.29 is 13.2 Å². The molecule has 16 heavy (non-hydrogen) atoms. The van der Waals surface area contributed by atoms with Gasteiger partial charge in [0.15, 0.2) is 0 Å². The van der Waals surface area contributed by atoms with Crippen LogP contribution in [0.15, 0.2) is 35.2 Å². The summed E-state index contributed by atoms with van der Waals surface area (Å²) in [5.41, 5.74) is 0. The molecule has 90 valence electrons. The highest BCUT2D eigenvalue weighted by Crippen LogP contribution is 2.12. The van der Waals surface area contributed by atoms with Crippen LogP contribution in [0.3, 0.4) is 0 Å². The van der Waals surface area contributed by atoms with Gasteiger partial charge in [-0.15, -0.1) is 0 Å². The number of ether oxygens (including phenoxy) is 1. The van der Waals surface area contributed by atoms with Gasteiger partial charge >= 0.3 is 0 Å². The van der Waals surface area contributed by atoms with Crippen LogP contribution in [0.4, 0.5) is 0 Å². The van der Waals surface area contributed by atoms with Gasteiger partial charge in [-0.25, -0.2) is 8.42 Å². The standard InChI is InChI=1S/C11H17NO3S/c1-3-15-10-9-12(2)16(13,14)11-7-5-4-6-8-11/h4-8H,3,9-10H2,1-2H3. The average Bonchev–Trinajstić information content (AvgIpc) is 2.30. The highest BCUT2D eigenvalue weighted by molar-refractivity contribution is 7.89. The Labute approximate surface area is 96.9 Å². The predicted molar refractivity (Wildman–Crippen MR) is 62.8 cm³/mol. The van der Waals surface area contributed by atoms with Crippen molar-refractivity contribution in [2.45, 2.75) is 11.8 Å². The van der Waals surface area contributed by atoms with Crippen molar-refractivity contribution in [3.63, 3.8) is 0 Å². The summed E-state index contributed by atoms with van der Waals surface area (Å²) in [4.78, 5) is 0.314. The Morgan fingerprint density at radius 3 is 2.44 bits per heavy atom. The lowest BCUT2D eigenvalue weighted by atomic mass is 10.4. The van der Waals surface area contributed by atoms with Gasteiger partial charge < -0.3 is 4.74 Å². The maximum atomic E-state index is 12.0. The van der Waals surface area contributed by atoms with Gasteiger partial charge in [-0.2, -0.15) is 4.31 Å². The van der Waals surface area contributed by atoms with E-state index < -0.39 is 10.0 Å². The van der Waals surface area contributed by atoms with Gasteiger partial charge in [0.25, 0.3) is 0 Å². The maximum Gasteiger partial charge on any atom is 0.242 e. The normalized spacial score (nSPS) is 11.9. The first kappa shape index (κ1) is 13.2.